The van der Waals surface area contributed by atoms with E-state index < -0.39 is 54.8 Å². The van der Waals surface area contributed by atoms with Gasteiger partial charge in [0.2, 0.25) is 5.78 Å². The third-order valence-electron chi connectivity index (χ3n) is 13.1. The molecule has 0 amide bonds. The van der Waals surface area contributed by atoms with E-state index in [2.05, 4.69) is 31.1 Å². The van der Waals surface area contributed by atoms with Crippen LogP contribution in [-0.4, -0.2) is 48.1 Å². The van der Waals surface area contributed by atoms with Crippen LogP contribution < -0.4 is 36.1 Å². The summed E-state index contributed by atoms with van der Waals surface area (Å²) in [6, 6.07) is 55.1. The maximum Gasteiger partial charge on any atom is 0.220 e. The Labute approximate surface area is 406 Å². The highest BCUT2D eigenvalue weighted by Gasteiger charge is 2.65. The summed E-state index contributed by atoms with van der Waals surface area (Å²) in [5.41, 5.74) is 6.66. The number of hydrogen-bond acceptors (Lipinski definition) is 6. The van der Waals surface area contributed by atoms with Gasteiger partial charge in [-0.3, -0.25) is 18.9 Å². The molecule has 0 unspecified atom stereocenters. The summed E-state index contributed by atoms with van der Waals surface area (Å²) in [7, 11) is -16.2. The van der Waals surface area contributed by atoms with E-state index in [0.29, 0.717) is 11.0 Å². The largest absolute Gasteiger partial charge is 0.457 e. The molecule has 1 aliphatic heterocycles. The Balaban J connectivity index is 1.31. The molecule has 65 heavy (non-hydrogen) atoms. The third kappa shape index (κ3) is 5.56. The van der Waals surface area contributed by atoms with Gasteiger partial charge in [0, 0.05) is 59.3 Å². The van der Waals surface area contributed by atoms with Crippen molar-refractivity contribution in [1.29, 1.82) is 0 Å². The Morgan fingerprint density at radius 2 is 1.12 bits per heavy atom. The van der Waals surface area contributed by atoms with Crippen molar-refractivity contribution in [3.8, 4) is 17.2 Å². The maximum absolute atomic E-state index is 9.95. The maximum atomic E-state index is 9.95. The molecule has 6 nitrogen and oxygen atoms in total. The van der Waals surface area contributed by atoms with E-state index in [9.17, 15) is 16.4 Å². The first-order valence-corrected chi connectivity index (χ1v) is 28.9. The molecule has 0 aliphatic carbocycles. The predicted molar refractivity (Wildman–Crippen MR) is 279 cm³/mol. The summed E-state index contributed by atoms with van der Waals surface area (Å²) in [5.74, 6) is 0.581. The lowest BCUT2D eigenvalue weighted by Gasteiger charge is -2.56. The fraction of sp³-hybridized carbons (Fsp3) is 0.0926. The fourth-order valence-corrected chi connectivity index (χ4v) is 24.9. The van der Waals surface area contributed by atoms with E-state index in [4.69, 9.17) is 9.72 Å². The summed E-state index contributed by atoms with van der Waals surface area (Å²) < 4.78 is 128. The van der Waals surface area contributed by atoms with Crippen molar-refractivity contribution in [2.45, 2.75) is 30.6 Å². The molecule has 0 spiro atoms. The number of imidazole rings is 2. The van der Waals surface area contributed by atoms with E-state index in [-0.39, 0.29) is 33.3 Å². The summed E-state index contributed by atoms with van der Waals surface area (Å²) in [4.78, 5) is 14.4. The molecule has 11 aromatic rings. The Hall–Kier alpha value is -6.48. The van der Waals surface area contributed by atoms with E-state index in [0.717, 1.165) is 66.0 Å². The van der Waals surface area contributed by atoms with Crippen molar-refractivity contribution in [3.63, 3.8) is 0 Å². The van der Waals surface area contributed by atoms with Gasteiger partial charge >= 0.3 is 0 Å². The molecule has 4 aromatic heterocycles. The van der Waals surface area contributed by atoms with Gasteiger partial charge in [-0.15, -0.1) is 22.7 Å². The lowest BCUT2D eigenvalue weighted by Crippen LogP contribution is -2.77. The number of hydrogen-bond donors (Lipinski definition) is 0. The van der Waals surface area contributed by atoms with Gasteiger partial charge in [-0.25, -0.2) is 4.98 Å². The zero-order valence-electron chi connectivity index (χ0n) is 46.5. The Kier molecular flexibility index (Phi) is 6.74. The highest BCUT2D eigenvalue weighted by atomic mass is 32.1. The van der Waals surface area contributed by atoms with Gasteiger partial charge in [0.05, 0.1) is 33.1 Å². The molecule has 1 aliphatic rings. The number of rotatable bonds is 9. The van der Waals surface area contributed by atoms with Crippen LogP contribution >= 0.6 is 22.7 Å². The molecule has 0 N–H and O–H groups in total. The van der Waals surface area contributed by atoms with Gasteiger partial charge in [0.1, 0.15) is 27.6 Å². The zero-order valence-corrected chi connectivity index (χ0v) is 39.1. The summed E-state index contributed by atoms with van der Waals surface area (Å²) >= 11 is 1.92. The van der Waals surface area contributed by atoms with Crippen molar-refractivity contribution in [2.24, 2.45) is 0 Å². The van der Waals surface area contributed by atoms with Crippen LogP contribution in [-0.2, 0) is 4.66 Å². The second-order valence-corrected chi connectivity index (χ2v) is 27.6. The molecule has 5 heterocycles. The first-order valence-electron chi connectivity index (χ1n) is 27.0. The van der Waals surface area contributed by atoms with Gasteiger partial charge in [0.15, 0.2) is 8.07 Å². The smallest absolute Gasteiger partial charge is 0.220 e. The van der Waals surface area contributed by atoms with Crippen molar-refractivity contribution in [2.75, 3.05) is 0 Å². The number of ether oxygens (including phenoxy) is 1. The van der Waals surface area contributed by atoms with Crippen LogP contribution in [0.4, 0.5) is 0 Å². The molecule has 0 radical (unpaired) electrons. The van der Waals surface area contributed by atoms with Crippen LogP contribution in [0.5, 0.6) is 11.5 Å². The number of para-hydroxylation sites is 6. The first kappa shape index (κ1) is 29.1. The molecular weight excluding hydrogens is 883 g/mol. The van der Waals surface area contributed by atoms with E-state index in [1.54, 1.807) is 24.3 Å². The average molecular weight is 940 g/mol. The molecule has 0 bridgehead atoms. The lowest BCUT2D eigenvalue weighted by atomic mass is 9.98. The van der Waals surface area contributed by atoms with Gasteiger partial charge in [-0.05, 0) is 63.2 Å². The minimum absolute atomic E-state index is 0.0227. The molecule has 0 saturated carbocycles. The number of aromatic nitrogens is 5. The third-order valence-corrected chi connectivity index (χ3v) is 27.2. The van der Waals surface area contributed by atoms with E-state index >= 15 is 0 Å². The number of nitrogens with zero attached hydrogens (tertiary/aromatic N) is 5. The Morgan fingerprint density at radius 3 is 1.78 bits per heavy atom. The lowest BCUT2D eigenvalue weighted by molar-refractivity contribution is 0.453. The molecule has 0 fully saturated rings. The normalized spacial score (nSPS) is 17.3. The number of benzene rings is 7. The molecule has 0 atom stereocenters. The van der Waals surface area contributed by atoms with Gasteiger partial charge in [-0.2, -0.15) is 0 Å². The van der Waals surface area contributed by atoms with Crippen LogP contribution in [0, 0.1) is 0 Å². The van der Waals surface area contributed by atoms with Crippen LogP contribution in [0.1, 0.15) is 27.6 Å². The minimum Gasteiger partial charge on any atom is -0.457 e. The molecule has 12 rings (SSSR count). The van der Waals surface area contributed by atoms with Gasteiger partial charge in [-0.1, -0.05) is 159 Å². The average Bonchev–Trinajstić information content (AvgIpc) is 4.41. The summed E-state index contributed by atoms with van der Waals surface area (Å²) in [6.07, 6.45) is 0. The van der Waals surface area contributed by atoms with Crippen molar-refractivity contribution < 1.29 is 21.2 Å². The molecule has 7 aromatic carbocycles. The molecule has 0 saturated heterocycles. The quantitative estimate of drug-likeness (QED) is 0.107. The first-order chi connectivity index (χ1) is 36.8. The topological polar surface area (TPSA) is 57.2 Å². The van der Waals surface area contributed by atoms with Gasteiger partial charge < -0.3 is 4.74 Å². The molecule has 11 heteroatoms. The van der Waals surface area contributed by atoms with Crippen molar-refractivity contribution in [3.05, 3.63) is 209 Å². The SMILES string of the molecule is [2H]C([2H])([2H])[Si](c1cscn1)(C([2H])([2H])[2H])C1([Si](c2cscn2)(C([2H])([2H])[2H])C([2H])([2H])[2H])c2ccccc2Oc2c1cccc2[Si](c1ccccc1)(c1ccccc1)c1cccc(-n2c3ccccc3n3c4ccccc4nc23)c1. The van der Waals surface area contributed by atoms with E-state index in [1.807, 2.05) is 127 Å². The zero-order chi connectivity index (χ0) is 54.0. The minimum atomic E-state index is -6.09. The van der Waals surface area contributed by atoms with Crippen LogP contribution in [0.2, 0.25) is 25.9 Å². The van der Waals surface area contributed by atoms with E-state index in [1.165, 1.54) is 33.9 Å². The Bertz CT molecular complexity index is 3880. The monoisotopic (exact) mass is 939 g/mol. The van der Waals surface area contributed by atoms with Crippen molar-refractivity contribution in [1.82, 2.24) is 23.9 Å². The summed E-state index contributed by atoms with van der Waals surface area (Å²) in [6.45, 7) is -14.3. The van der Waals surface area contributed by atoms with Gasteiger partial charge in [0.25, 0.3) is 0 Å². The van der Waals surface area contributed by atoms with Crippen LogP contribution in [0.25, 0.3) is 33.5 Å². The standard InChI is InChI=1S/C54H45N5OS2Si3/c1-63(2,50-34-61-36-55-50)54(64(3,4)51-35-62-37-56-51)42-25-11-16-31-48(42)60-52-43(54)26-18-32-49(52)65(39-20-7-5-8-21-39,40-22-9-6-10-23-40)41-24-17-19-38(33-41)58-46-29-14-15-30-47(46)59-45-28-13-12-27-44(45)57-53(58)59/h5-37H,1-4H3/i1D3,2D3,3D3,4D3. The van der Waals surface area contributed by atoms with Crippen LogP contribution in [0.15, 0.2) is 198 Å². The Morgan fingerprint density at radius 1 is 0.554 bits per heavy atom. The molecule has 316 valence electrons. The predicted octanol–water partition coefficient (Wildman–Crippen LogP) is 9.42. The van der Waals surface area contributed by atoms with Crippen LogP contribution in [0.3, 0.4) is 0 Å². The number of fused-ring (bicyclic) bond motifs is 7. The summed E-state index contributed by atoms with van der Waals surface area (Å²) in [5, 5.41) is 4.96. The molecular formula is C54H45N5OS2Si3. The second-order valence-electron chi connectivity index (χ2n) is 16.4. The second kappa shape index (κ2) is 15.0. The fourth-order valence-electron chi connectivity index (χ4n) is 10.5. The van der Waals surface area contributed by atoms with Crippen molar-refractivity contribution >= 4 is 106 Å². The number of thiazole rings is 2. The highest BCUT2D eigenvalue weighted by molar-refractivity contribution is 7.20. The highest BCUT2D eigenvalue weighted by Crippen LogP contribution is 2.56.